The Morgan fingerprint density at radius 2 is 2.27 bits per heavy atom. The lowest BCUT2D eigenvalue weighted by molar-refractivity contribution is -0.121. The second-order valence-corrected chi connectivity index (χ2v) is 3.37. The van der Waals surface area contributed by atoms with Gasteiger partial charge in [-0.25, -0.2) is 4.98 Å². The topological polar surface area (TPSA) is 80.0 Å². The summed E-state index contributed by atoms with van der Waals surface area (Å²) in [6.07, 6.45) is 1.66. The van der Waals surface area contributed by atoms with Gasteiger partial charge in [-0.2, -0.15) is 0 Å². The lowest BCUT2D eigenvalue weighted by Gasteiger charge is -2.15. The summed E-state index contributed by atoms with van der Waals surface area (Å²) in [7, 11) is 1.59. The van der Waals surface area contributed by atoms with Gasteiger partial charge in [0.2, 0.25) is 5.91 Å². The average molecular weight is 208 g/mol. The predicted octanol–water partition coefficient (Wildman–Crippen LogP) is 0.519. The predicted molar refractivity (Wildman–Crippen MR) is 60.5 cm³/mol. The van der Waals surface area contributed by atoms with Gasteiger partial charge in [-0.05, 0) is 25.5 Å². The number of anilines is 2. The smallest absolute Gasteiger partial charge is 0.241 e. The summed E-state index contributed by atoms with van der Waals surface area (Å²) in [6, 6.07) is 1.47. The van der Waals surface area contributed by atoms with Gasteiger partial charge in [0.15, 0.2) is 0 Å². The van der Waals surface area contributed by atoms with Gasteiger partial charge in [0.25, 0.3) is 0 Å². The maximum atomic E-state index is 11.3. The molecule has 82 valence electrons. The molecule has 0 aliphatic heterocycles. The number of nitrogens with one attached hydrogen (secondary N) is 2. The van der Waals surface area contributed by atoms with Crippen molar-refractivity contribution >= 4 is 17.4 Å². The van der Waals surface area contributed by atoms with Crippen LogP contribution in [-0.4, -0.2) is 24.0 Å². The lowest BCUT2D eigenvalue weighted by atomic mass is 10.2. The van der Waals surface area contributed by atoms with Crippen LogP contribution in [0.15, 0.2) is 12.3 Å². The van der Waals surface area contributed by atoms with Crippen LogP contribution < -0.4 is 16.4 Å². The van der Waals surface area contributed by atoms with E-state index < -0.39 is 0 Å². The van der Waals surface area contributed by atoms with Crippen LogP contribution in [0.5, 0.6) is 0 Å². The van der Waals surface area contributed by atoms with Crippen molar-refractivity contribution in [2.75, 3.05) is 18.1 Å². The van der Waals surface area contributed by atoms with Crippen LogP contribution in [0, 0.1) is 6.92 Å². The number of likely N-dealkylation sites (N-methyl/N-ethyl adjacent to an activating group) is 1. The minimum absolute atomic E-state index is 0.0993. The van der Waals surface area contributed by atoms with E-state index in [-0.39, 0.29) is 11.9 Å². The number of nitrogens with zero attached hydrogens (tertiary/aromatic N) is 1. The van der Waals surface area contributed by atoms with E-state index in [9.17, 15) is 4.79 Å². The molecule has 0 spiro atoms. The zero-order valence-electron chi connectivity index (χ0n) is 9.16. The molecule has 0 radical (unpaired) electrons. The second kappa shape index (κ2) is 4.63. The number of rotatable bonds is 3. The normalized spacial score (nSPS) is 11.9. The van der Waals surface area contributed by atoms with Crippen LogP contribution in [0.2, 0.25) is 0 Å². The highest BCUT2D eigenvalue weighted by Gasteiger charge is 2.12. The molecule has 5 nitrogen and oxygen atoms in total. The Balaban J connectivity index is 2.81. The number of pyridine rings is 1. The van der Waals surface area contributed by atoms with Gasteiger partial charge in [-0.3, -0.25) is 4.79 Å². The van der Waals surface area contributed by atoms with Crippen LogP contribution in [0.25, 0.3) is 0 Å². The third kappa shape index (κ3) is 2.59. The number of nitrogens with two attached hydrogens (primary N) is 1. The standard InChI is InChI=1S/C10H16N4O/c1-6-4-5-13-9(8(6)11)14-7(2)10(15)12-3/h4-5,7H,11H2,1-3H3,(H,12,15)(H,13,14). The molecule has 0 saturated carbocycles. The molecule has 1 heterocycles. The van der Waals surface area contributed by atoms with E-state index in [1.165, 1.54) is 0 Å². The fraction of sp³-hybridized carbons (Fsp3) is 0.400. The Bertz CT molecular complexity index is 364. The number of aryl methyl sites for hydroxylation is 1. The molecule has 0 fully saturated rings. The Kier molecular flexibility index (Phi) is 3.49. The van der Waals surface area contributed by atoms with Gasteiger partial charge in [0, 0.05) is 13.2 Å². The van der Waals surface area contributed by atoms with Gasteiger partial charge >= 0.3 is 0 Å². The van der Waals surface area contributed by atoms with Gasteiger partial charge < -0.3 is 16.4 Å². The molecule has 1 atom stereocenters. The van der Waals surface area contributed by atoms with Crippen molar-refractivity contribution in [3.63, 3.8) is 0 Å². The lowest BCUT2D eigenvalue weighted by Crippen LogP contribution is -2.35. The monoisotopic (exact) mass is 208 g/mol. The van der Waals surface area contributed by atoms with E-state index in [1.54, 1.807) is 20.2 Å². The Morgan fingerprint density at radius 3 is 2.87 bits per heavy atom. The Morgan fingerprint density at radius 1 is 1.60 bits per heavy atom. The quantitative estimate of drug-likeness (QED) is 0.676. The Labute approximate surface area is 89.1 Å². The van der Waals surface area contributed by atoms with E-state index in [0.717, 1.165) is 5.56 Å². The molecule has 0 aliphatic carbocycles. The van der Waals surface area contributed by atoms with Crippen molar-refractivity contribution in [3.8, 4) is 0 Å². The van der Waals surface area contributed by atoms with E-state index in [2.05, 4.69) is 15.6 Å². The van der Waals surface area contributed by atoms with Crippen LogP contribution >= 0.6 is 0 Å². The number of hydrogen-bond donors (Lipinski definition) is 3. The van der Waals surface area contributed by atoms with Gasteiger partial charge in [0.05, 0.1) is 5.69 Å². The molecule has 15 heavy (non-hydrogen) atoms. The molecule has 0 aliphatic rings. The SMILES string of the molecule is CNC(=O)C(C)Nc1nccc(C)c1N. The molecule has 1 aromatic heterocycles. The molecular formula is C10H16N4O. The first-order valence-electron chi connectivity index (χ1n) is 4.75. The molecular weight excluding hydrogens is 192 g/mol. The summed E-state index contributed by atoms with van der Waals surface area (Å²) in [5, 5.41) is 5.50. The molecule has 1 aromatic rings. The van der Waals surface area contributed by atoms with Crippen LogP contribution in [0.4, 0.5) is 11.5 Å². The number of carbonyl (C=O) groups excluding carboxylic acids is 1. The van der Waals surface area contributed by atoms with Crippen LogP contribution in [0.1, 0.15) is 12.5 Å². The maximum Gasteiger partial charge on any atom is 0.241 e. The first-order chi connectivity index (χ1) is 7.06. The Hall–Kier alpha value is -1.78. The molecule has 0 bridgehead atoms. The fourth-order valence-corrected chi connectivity index (χ4v) is 1.17. The molecule has 1 rings (SSSR count). The zero-order chi connectivity index (χ0) is 11.4. The van der Waals surface area contributed by atoms with E-state index in [1.807, 2.05) is 13.0 Å². The van der Waals surface area contributed by atoms with E-state index in [0.29, 0.717) is 11.5 Å². The zero-order valence-corrected chi connectivity index (χ0v) is 9.16. The maximum absolute atomic E-state index is 11.3. The summed E-state index contributed by atoms with van der Waals surface area (Å²) < 4.78 is 0. The minimum atomic E-state index is -0.355. The first kappa shape index (κ1) is 11.3. The largest absolute Gasteiger partial charge is 0.396 e. The van der Waals surface area contributed by atoms with Crippen LogP contribution in [-0.2, 0) is 4.79 Å². The molecule has 1 amide bonds. The van der Waals surface area contributed by atoms with Crippen LogP contribution in [0.3, 0.4) is 0 Å². The number of nitrogen functional groups attached to an aromatic ring is 1. The average Bonchev–Trinajstić information content (AvgIpc) is 2.23. The third-order valence-electron chi connectivity index (χ3n) is 2.20. The molecule has 4 N–H and O–H groups in total. The third-order valence-corrected chi connectivity index (χ3v) is 2.20. The van der Waals surface area contributed by atoms with Gasteiger partial charge in [0.1, 0.15) is 11.9 Å². The minimum Gasteiger partial charge on any atom is -0.396 e. The second-order valence-electron chi connectivity index (χ2n) is 3.37. The summed E-state index contributed by atoms with van der Waals surface area (Å²) in [5.74, 6) is 0.448. The van der Waals surface area contributed by atoms with E-state index in [4.69, 9.17) is 5.73 Å². The highest BCUT2D eigenvalue weighted by atomic mass is 16.2. The van der Waals surface area contributed by atoms with Crippen molar-refractivity contribution in [1.82, 2.24) is 10.3 Å². The number of amides is 1. The van der Waals surface area contributed by atoms with Crippen molar-refractivity contribution in [1.29, 1.82) is 0 Å². The fourth-order valence-electron chi connectivity index (χ4n) is 1.17. The number of hydrogen-bond acceptors (Lipinski definition) is 4. The molecule has 5 heteroatoms. The van der Waals surface area contributed by atoms with Crippen molar-refractivity contribution in [2.45, 2.75) is 19.9 Å². The summed E-state index contributed by atoms with van der Waals surface area (Å²) >= 11 is 0. The molecule has 1 unspecified atom stereocenters. The summed E-state index contributed by atoms with van der Waals surface area (Å²) in [6.45, 7) is 3.65. The molecule has 0 saturated heterocycles. The van der Waals surface area contributed by atoms with Crippen molar-refractivity contribution in [3.05, 3.63) is 17.8 Å². The van der Waals surface area contributed by atoms with Crippen molar-refractivity contribution < 1.29 is 4.79 Å². The first-order valence-corrected chi connectivity index (χ1v) is 4.75. The molecule has 0 aromatic carbocycles. The summed E-state index contributed by atoms with van der Waals surface area (Å²) in [5.41, 5.74) is 7.33. The van der Waals surface area contributed by atoms with Gasteiger partial charge in [-0.15, -0.1) is 0 Å². The highest BCUT2D eigenvalue weighted by Crippen LogP contribution is 2.19. The van der Waals surface area contributed by atoms with Gasteiger partial charge in [-0.1, -0.05) is 0 Å². The van der Waals surface area contributed by atoms with Crippen molar-refractivity contribution in [2.24, 2.45) is 0 Å². The highest BCUT2D eigenvalue weighted by molar-refractivity contribution is 5.84. The van der Waals surface area contributed by atoms with E-state index >= 15 is 0 Å². The number of aromatic nitrogens is 1. The summed E-state index contributed by atoms with van der Waals surface area (Å²) in [4.78, 5) is 15.3. The number of carbonyl (C=O) groups is 1.